The zero-order valence-electron chi connectivity index (χ0n) is 20.6. The van der Waals surface area contributed by atoms with Gasteiger partial charge in [0.25, 0.3) is 0 Å². The first-order valence-electron chi connectivity index (χ1n) is 11.8. The minimum atomic E-state index is -1.19. The Kier molecular flexibility index (Phi) is 12.3. The molecule has 0 bridgehead atoms. The lowest BCUT2D eigenvalue weighted by molar-refractivity contribution is -0.142. The Morgan fingerprint density at radius 2 is 1.71 bits per heavy atom. The van der Waals surface area contributed by atoms with Gasteiger partial charge in [-0.3, -0.25) is 19.4 Å². The molecule has 4 atom stereocenters. The molecule has 0 aromatic carbocycles. The van der Waals surface area contributed by atoms with Gasteiger partial charge in [-0.1, -0.05) is 27.7 Å². The minimum Gasteiger partial charge on any atom is -0.480 e. The number of carboxylic acid groups (broad SMARTS) is 1. The van der Waals surface area contributed by atoms with Crippen molar-refractivity contribution in [3.8, 4) is 0 Å². The maximum absolute atomic E-state index is 13.1. The average molecular weight is 484 g/mol. The quantitative estimate of drug-likeness (QED) is 0.0929. The third-order valence-electron chi connectivity index (χ3n) is 5.52. The highest BCUT2D eigenvalue weighted by atomic mass is 16.4. The maximum atomic E-state index is 13.1. The van der Waals surface area contributed by atoms with Crippen molar-refractivity contribution >= 4 is 29.7 Å². The summed E-state index contributed by atoms with van der Waals surface area (Å²) in [5.41, 5.74) is 10.5. The number of guanidine groups is 1. The Hall–Kier alpha value is -2.89. The SMILES string of the molecule is CC(C)CC(NC(=O)C1CCCN1)C(=O)NC(C(=O)NC(CCCN=C(N)N)C(=O)O)C(C)C. The van der Waals surface area contributed by atoms with Crippen LogP contribution in [0.3, 0.4) is 0 Å². The largest absolute Gasteiger partial charge is 0.480 e. The first-order chi connectivity index (χ1) is 15.9. The molecule has 1 fully saturated rings. The number of nitrogens with zero attached hydrogens (tertiary/aromatic N) is 1. The first-order valence-corrected chi connectivity index (χ1v) is 11.8. The van der Waals surface area contributed by atoms with E-state index < -0.39 is 35.9 Å². The Morgan fingerprint density at radius 3 is 2.21 bits per heavy atom. The fourth-order valence-corrected chi connectivity index (χ4v) is 3.69. The molecule has 9 N–H and O–H groups in total. The number of aliphatic imine (C=N–C) groups is 1. The van der Waals surface area contributed by atoms with Crippen LogP contribution in [0.5, 0.6) is 0 Å². The van der Waals surface area contributed by atoms with E-state index in [1.165, 1.54) is 0 Å². The van der Waals surface area contributed by atoms with Crippen LogP contribution in [0.15, 0.2) is 4.99 Å². The third kappa shape index (κ3) is 10.4. The summed E-state index contributed by atoms with van der Waals surface area (Å²) < 4.78 is 0. The lowest BCUT2D eigenvalue weighted by Gasteiger charge is -2.27. The van der Waals surface area contributed by atoms with Gasteiger partial charge in [0.05, 0.1) is 6.04 Å². The van der Waals surface area contributed by atoms with Crippen LogP contribution in [0.2, 0.25) is 0 Å². The number of carboxylic acids is 1. The molecule has 1 rings (SSSR count). The van der Waals surface area contributed by atoms with E-state index in [0.29, 0.717) is 19.3 Å². The molecule has 1 saturated heterocycles. The molecule has 0 aromatic heterocycles. The molecule has 4 unspecified atom stereocenters. The summed E-state index contributed by atoms with van der Waals surface area (Å²) in [4.78, 5) is 53.9. The number of rotatable bonds is 14. The lowest BCUT2D eigenvalue weighted by Crippen LogP contribution is -2.58. The molecule has 3 amide bonds. The summed E-state index contributed by atoms with van der Waals surface area (Å²) in [7, 11) is 0. The molecule has 34 heavy (non-hydrogen) atoms. The molecule has 0 aromatic rings. The van der Waals surface area contributed by atoms with Gasteiger partial charge in [0.2, 0.25) is 17.7 Å². The van der Waals surface area contributed by atoms with Crippen LogP contribution >= 0.6 is 0 Å². The van der Waals surface area contributed by atoms with Crippen LogP contribution in [-0.2, 0) is 19.2 Å². The third-order valence-corrected chi connectivity index (χ3v) is 5.52. The van der Waals surface area contributed by atoms with Crippen LogP contribution in [-0.4, -0.2) is 72.0 Å². The summed E-state index contributed by atoms with van der Waals surface area (Å²) in [6.45, 7) is 8.36. The van der Waals surface area contributed by atoms with E-state index in [-0.39, 0.29) is 42.7 Å². The van der Waals surface area contributed by atoms with Crippen molar-refractivity contribution in [1.82, 2.24) is 21.3 Å². The summed E-state index contributed by atoms with van der Waals surface area (Å²) in [5, 5.41) is 20.6. The van der Waals surface area contributed by atoms with Gasteiger partial charge in [-0.05, 0) is 50.5 Å². The predicted molar refractivity (Wildman–Crippen MR) is 129 cm³/mol. The molecule has 1 aliphatic heterocycles. The number of carbonyl (C=O) groups is 4. The number of hydrogen-bond acceptors (Lipinski definition) is 6. The lowest BCUT2D eigenvalue weighted by atomic mass is 9.99. The molecular formula is C22H41N7O5. The smallest absolute Gasteiger partial charge is 0.326 e. The van der Waals surface area contributed by atoms with Gasteiger partial charge in [0, 0.05) is 6.54 Å². The highest BCUT2D eigenvalue weighted by Gasteiger charge is 2.32. The van der Waals surface area contributed by atoms with E-state index in [2.05, 4.69) is 26.3 Å². The van der Waals surface area contributed by atoms with Crippen LogP contribution in [0.4, 0.5) is 0 Å². The van der Waals surface area contributed by atoms with E-state index in [4.69, 9.17) is 11.5 Å². The molecule has 0 aliphatic carbocycles. The fourth-order valence-electron chi connectivity index (χ4n) is 3.69. The molecule has 1 aliphatic rings. The summed E-state index contributed by atoms with van der Waals surface area (Å²) in [5.74, 6) is -2.80. The zero-order valence-corrected chi connectivity index (χ0v) is 20.6. The number of carbonyl (C=O) groups excluding carboxylic acids is 3. The molecule has 0 radical (unpaired) electrons. The van der Waals surface area contributed by atoms with E-state index in [0.717, 1.165) is 13.0 Å². The second-order valence-electron chi connectivity index (χ2n) is 9.42. The number of aliphatic carboxylic acids is 1. The topological polar surface area (TPSA) is 201 Å². The van der Waals surface area contributed by atoms with Crippen molar-refractivity contribution in [2.75, 3.05) is 13.1 Å². The van der Waals surface area contributed by atoms with Crippen LogP contribution in [0.25, 0.3) is 0 Å². The number of amides is 3. The number of nitrogens with one attached hydrogen (secondary N) is 4. The van der Waals surface area contributed by atoms with Crippen molar-refractivity contribution in [3.05, 3.63) is 0 Å². The normalized spacial score (nSPS) is 18.1. The highest BCUT2D eigenvalue weighted by Crippen LogP contribution is 2.11. The minimum absolute atomic E-state index is 0.0924. The Morgan fingerprint density at radius 1 is 1.03 bits per heavy atom. The molecule has 1 heterocycles. The maximum Gasteiger partial charge on any atom is 0.326 e. The van der Waals surface area contributed by atoms with Gasteiger partial charge >= 0.3 is 5.97 Å². The average Bonchev–Trinajstić information content (AvgIpc) is 3.27. The molecule has 0 spiro atoms. The Balaban J connectivity index is 2.83. The van der Waals surface area contributed by atoms with Crippen molar-refractivity contribution in [3.63, 3.8) is 0 Å². The number of nitrogens with two attached hydrogens (primary N) is 2. The van der Waals surface area contributed by atoms with E-state index >= 15 is 0 Å². The van der Waals surface area contributed by atoms with E-state index in [9.17, 15) is 24.3 Å². The zero-order chi connectivity index (χ0) is 25.8. The Labute approximate surface area is 201 Å². The van der Waals surface area contributed by atoms with Gasteiger partial charge in [0.1, 0.15) is 18.1 Å². The molecular weight excluding hydrogens is 442 g/mol. The second-order valence-corrected chi connectivity index (χ2v) is 9.42. The predicted octanol–water partition coefficient (Wildman–Crippen LogP) is -0.967. The van der Waals surface area contributed by atoms with Crippen LogP contribution in [0.1, 0.15) is 59.8 Å². The van der Waals surface area contributed by atoms with Gasteiger partial charge in [0.15, 0.2) is 5.96 Å². The first kappa shape index (κ1) is 29.1. The fraction of sp³-hybridized carbons (Fsp3) is 0.773. The van der Waals surface area contributed by atoms with Gasteiger partial charge in [-0.15, -0.1) is 0 Å². The standard InChI is InChI=1S/C22H41N7O5/c1-12(2)11-16(28-18(30)14-7-5-9-25-14)19(31)29-17(13(3)4)20(32)27-15(21(33)34)8-6-10-26-22(23)24/h12-17,25H,5-11H2,1-4H3,(H,27,32)(H,28,30)(H,29,31)(H,33,34)(H4,23,24,26). The van der Waals surface area contributed by atoms with Crippen molar-refractivity contribution in [2.24, 2.45) is 28.3 Å². The monoisotopic (exact) mass is 483 g/mol. The van der Waals surface area contributed by atoms with Crippen LogP contribution < -0.4 is 32.7 Å². The summed E-state index contributed by atoms with van der Waals surface area (Å²) in [6.07, 6.45) is 2.48. The van der Waals surface area contributed by atoms with Gasteiger partial charge in [-0.2, -0.15) is 0 Å². The van der Waals surface area contributed by atoms with Gasteiger partial charge in [-0.25, -0.2) is 4.79 Å². The highest BCUT2D eigenvalue weighted by molar-refractivity contribution is 5.94. The van der Waals surface area contributed by atoms with Gasteiger partial charge < -0.3 is 37.8 Å². The summed E-state index contributed by atoms with van der Waals surface area (Å²) >= 11 is 0. The van der Waals surface area contributed by atoms with E-state index in [1.54, 1.807) is 13.8 Å². The molecule has 0 saturated carbocycles. The molecule has 194 valence electrons. The van der Waals surface area contributed by atoms with E-state index in [1.807, 2.05) is 13.8 Å². The second kappa shape index (κ2) is 14.4. The van der Waals surface area contributed by atoms with Crippen molar-refractivity contribution < 1.29 is 24.3 Å². The molecule has 12 heteroatoms. The van der Waals surface area contributed by atoms with Crippen molar-refractivity contribution in [1.29, 1.82) is 0 Å². The van der Waals surface area contributed by atoms with Crippen molar-refractivity contribution in [2.45, 2.75) is 84.0 Å². The number of hydrogen-bond donors (Lipinski definition) is 7. The Bertz CT molecular complexity index is 731. The van der Waals surface area contributed by atoms with Crippen LogP contribution in [0, 0.1) is 11.8 Å². The molecule has 12 nitrogen and oxygen atoms in total. The summed E-state index contributed by atoms with van der Waals surface area (Å²) in [6, 6.07) is -3.26.